The van der Waals surface area contributed by atoms with Gasteiger partial charge in [-0.3, -0.25) is 19.1 Å². The lowest BCUT2D eigenvalue weighted by molar-refractivity contribution is 0.0916. The van der Waals surface area contributed by atoms with Crippen molar-refractivity contribution in [2.45, 2.75) is 24.6 Å². The minimum atomic E-state index is -0.901. The van der Waals surface area contributed by atoms with Crippen LogP contribution in [0.25, 0.3) is 21.9 Å². The summed E-state index contributed by atoms with van der Waals surface area (Å²) >= 11 is 4.10. The van der Waals surface area contributed by atoms with E-state index >= 15 is 0 Å². The van der Waals surface area contributed by atoms with Gasteiger partial charge in [0.2, 0.25) is 0 Å². The largest absolute Gasteiger partial charge is 0.451 e. The van der Waals surface area contributed by atoms with Crippen molar-refractivity contribution in [3.05, 3.63) is 65.5 Å². The van der Waals surface area contributed by atoms with Crippen LogP contribution in [0.2, 0.25) is 0 Å². The fourth-order valence-corrected chi connectivity index (χ4v) is 5.25. The minimum absolute atomic E-state index is 0.175. The Balaban J connectivity index is 1.15. The van der Waals surface area contributed by atoms with Crippen LogP contribution in [0.1, 0.15) is 39.3 Å². The first-order valence-corrected chi connectivity index (χ1v) is 13.2. The first kappa shape index (κ1) is 25.9. The molecule has 1 aliphatic heterocycles. The molecule has 2 aromatic carbocycles. The summed E-state index contributed by atoms with van der Waals surface area (Å²) in [5, 5.41) is 10.2. The topological polar surface area (TPSA) is 135 Å². The average molecular weight is 531 g/mol. The summed E-state index contributed by atoms with van der Waals surface area (Å²) < 4.78 is 7.05. The number of aryl methyl sites for hydroxylation is 1. The molecule has 10 heteroatoms. The molecule has 0 radical (unpaired) electrons. The smallest absolute Gasteiger partial charge is 0.284 e. The Hall–Kier alpha value is -3.78. The maximum atomic E-state index is 12.5. The van der Waals surface area contributed by atoms with Gasteiger partial charge in [-0.2, -0.15) is 17.9 Å². The van der Waals surface area contributed by atoms with E-state index in [1.165, 1.54) is 0 Å². The minimum Gasteiger partial charge on any atom is -0.451 e. The fraction of sp³-hybridized carbons (Fsp3) is 0.321. The Morgan fingerprint density at radius 2 is 1.87 bits per heavy atom. The Bertz CT molecular complexity index is 1540. The number of benzene rings is 2. The average Bonchev–Trinajstić information content (AvgIpc) is 3.52. The second-order valence-electron chi connectivity index (χ2n) is 9.63. The summed E-state index contributed by atoms with van der Waals surface area (Å²) in [6.07, 6.45) is 4.65. The van der Waals surface area contributed by atoms with Crippen molar-refractivity contribution in [3.63, 3.8) is 0 Å². The third kappa shape index (κ3) is 5.27. The number of carbonyl (C=O) groups is 2. The molecule has 1 atom stereocenters. The Kier molecular flexibility index (Phi) is 7.42. The lowest BCUT2D eigenvalue weighted by Gasteiger charge is -2.36. The number of furan rings is 1. The third-order valence-corrected chi connectivity index (χ3v) is 7.38. The van der Waals surface area contributed by atoms with Crippen molar-refractivity contribution < 1.29 is 14.0 Å². The highest BCUT2D eigenvalue weighted by atomic mass is 32.1. The number of nitriles is 1. The van der Waals surface area contributed by atoms with E-state index in [1.807, 2.05) is 30.5 Å². The van der Waals surface area contributed by atoms with Gasteiger partial charge in [-0.15, -0.1) is 0 Å². The van der Waals surface area contributed by atoms with Crippen LogP contribution in [-0.4, -0.2) is 59.4 Å². The molecule has 0 bridgehead atoms. The number of primary amides is 1. The molecule has 0 spiro atoms. The Morgan fingerprint density at radius 1 is 1.08 bits per heavy atom. The zero-order valence-corrected chi connectivity index (χ0v) is 21.9. The molecular weight excluding hydrogens is 500 g/mol. The fourth-order valence-electron chi connectivity index (χ4n) is 5.12. The maximum absolute atomic E-state index is 12.5. The van der Waals surface area contributed by atoms with E-state index in [0.717, 1.165) is 79.5 Å². The van der Waals surface area contributed by atoms with E-state index in [4.69, 9.17) is 15.9 Å². The third-order valence-electron chi connectivity index (χ3n) is 7.16. The van der Waals surface area contributed by atoms with E-state index in [1.54, 1.807) is 22.8 Å². The molecule has 1 aliphatic rings. The number of amides is 1. The molecule has 0 saturated carbocycles. The molecule has 0 aliphatic carbocycles. The van der Waals surface area contributed by atoms with Gasteiger partial charge in [-0.25, -0.2) is 0 Å². The molecule has 4 N–H and O–H groups in total. The molecule has 196 valence electrons. The van der Waals surface area contributed by atoms with Gasteiger partial charge in [0.15, 0.2) is 5.76 Å². The summed E-state index contributed by atoms with van der Waals surface area (Å²) in [5.74, 6) is -0.675. The summed E-state index contributed by atoms with van der Waals surface area (Å²) in [4.78, 5) is 28.8. The highest BCUT2D eigenvalue weighted by Gasteiger charge is 2.20. The van der Waals surface area contributed by atoms with Crippen LogP contribution >= 0.6 is 12.6 Å². The van der Waals surface area contributed by atoms with Crippen LogP contribution in [0.4, 0.5) is 5.69 Å². The number of nitrogens with zero attached hydrogens (tertiary/aromatic N) is 4. The van der Waals surface area contributed by atoms with E-state index in [0.29, 0.717) is 11.1 Å². The van der Waals surface area contributed by atoms with Gasteiger partial charge in [0.05, 0.1) is 17.1 Å². The van der Waals surface area contributed by atoms with Crippen LogP contribution in [0.15, 0.2) is 53.1 Å². The summed E-state index contributed by atoms with van der Waals surface area (Å²) in [6.45, 7) is 4.77. The molecule has 1 amide bonds. The molecule has 1 unspecified atom stereocenters. The second kappa shape index (κ2) is 10.9. The molecule has 2 aromatic heterocycles. The number of anilines is 1. The summed E-state index contributed by atoms with van der Waals surface area (Å²) in [7, 11) is 0. The van der Waals surface area contributed by atoms with Crippen LogP contribution in [0.5, 0.6) is 0 Å². The molecular formula is C28H30N6O3S. The van der Waals surface area contributed by atoms with E-state index < -0.39 is 11.3 Å². The number of piperazine rings is 1. The number of hydrogen-bond donors (Lipinski definition) is 3. The van der Waals surface area contributed by atoms with Crippen molar-refractivity contribution in [2.75, 3.05) is 37.6 Å². The second-order valence-corrected chi connectivity index (χ2v) is 10.2. The molecule has 5 rings (SSSR count). The van der Waals surface area contributed by atoms with Crippen molar-refractivity contribution in [1.82, 2.24) is 9.47 Å². The number of nitrogens with two attached hydrogens (primary N) is 2. The monoisotopic (exact) mass is 530 g/mol. The zero-order valence-electron chi connectivity index (χ0n) is 21.0. The lowest BCUT2D eigenvalue weighted by atomic mass is 10.0. The van der Waals surface area contributed by atoms with Crippen LogP contribution in [-0.2, 0) is 6.42 Å². The van der Waals surface area contributed by atoms with Crippen molar-refractivity contribution in [2.24, 2.45) is 11.5 Å². The first-order valence-electron chi connectivity index (χ1n) is 12.7. The Labute approximate surface area is 226 Å². The summed E-state index contributed by atoms with van der Waals surface area (Å²) in [6, 6.07) is 15.2. The molecule has 3 heterocycles. The van der Waals surface area contributed by atoms with E-state index in [9.17, 15) is 14.9 Å². The van der Waals surface area contributed by atoms with E-state index in [-0.39, 0.29) is 11.7 Å². The first-order chi connectivity index (χ1) is 18.3. The molecule has 38 heavy (non-hydrogen) atoms. The lowest BCUT2D eigenvalue weighted by Crippen LogP contribution is -2.46. The number of hydrogen-bond acceptors (Lipinski definition) is 8. The van der Waals surface area contributed by atoms with Crippen molar-refractivity contribution >= 4 is 52.0 Å². The van der Waals surface area contributed by atoms with Gasteiger partial charge in [-0.1, -0.05) is 0 Å². The molecule has 1 saturated heterocycles. The van der Waals surface area contributed by atoms with Crippen LogP contribution in [0, 0.1) is 11.3 Å². The van der Waals surface area contributed by atoms with Gasteiger partial charge in [0.1, 0.15) is 11.0 Å². The van der Waals surface area contributed by atoms with Gasteiger partial charge in [0, 0.05) is 48.8 Å². The highest BCUT2D eigenvalue weighted by molar-refractivity contribution is 7.81. The molecule has 1 fully saturated rings. The number of unbranched alkanes of at least 4 members (excludes halogenated alkanes) is 1. The predicted molar refractivity (Wildman–Crippen MR) is 151 cm³/mol. The van der Waals surface area contributed by atoms with Gasteiger partial charge in [-0.05, 0) is 73.8 Å². The standard InChI is InChI=1S/C28H30N6O3S/c29-16-18-4-6-23-22(13-18)19(17-34(23)28(36)27(31)38)3-1-2-8-32-9-11-33(12-10-32)21-5-7-24-20(14-21)15-25(37-24)26(30)35/h4-7,13-15,17,27,38H,1-3,8-12,31H2,(H2,30,35). The molecule has 9 nitrogen and oxygen atoms in total. The summed E-state index contributed by atoms with van der Waals surface area (Å²) in [5.41, 5.74) is 15.2. The van der Waals surface area contributed by atoms with Gasteiger partial charge >= 0.3 is 0 Å². The van der Waals surface area contributed by atoms with E-state index in [2.05, 4.69) is 28.5 Å². The quantitative estimate of drug-likeness (QED) is 0.181. The Morgan fingerprint density at radius 3 is 2.58 bits per heavy atom. The molecule has 4 aromatic rings. The predicted octanol–water partition coefficient (Wildman–Crippen LogP) is 3.36. The number of fused-ring (bicyclic) bond motifs is 2. The van der Waals surface area contributed by atoms with Gasteiger partial charge < -0.3 is 20.8 Å². The zero-order chi connectivity index (χ0) is 26.8. The number of thiol groups is 1. The van der Waals surface area contributed by atoms with Gasteiger partial charge in [0.25, 0.3) is 11.8 Å². The number of carbonyl (C=O) groups excluding carboxylic acids is 2. The van der Waals surface area contributed by atoms with Crippen LogP contribution in [0.3, 0.4) is 0 Å². The maximum Gasteiger partial charge on any atom is 0.284 e. The SMILES string of the molecule is N#Cc1ccc2c(c1)c(CCCCN1CCN(c3ccc4oc(C(N)=O)cc4c3)CC1)cn2C(=O)C(N)S. The number of rotatable bonds is 8. The number of aromatic nitrogens is 1. The van der Waals surface area contributed by atoms with Crippen molar-refractivity contribution in [3.8, 4) is 6.07 Å². The highest BCUT2D eigenvalue weighted by Crippen LogP contribution is 2.27. The van der Waals surface area contributed by atoms with Crippen LogP contribution < -0.4 is 16.4 Å². The normalized spacial score (nSPS) is 15.1. The van der Waals surface area contributed by atoms with Crippen molar-refractivity contribution in [1.29, 1.82) is 5.26 Å².